The average molecular weight is 207 g/mol. The first-order chi connectivity index (χ1) is 7.25. The second kappa shape index (κ2) is 4.62. The number of nitrogens with zero attached hydrogens (tertiary/aromatic N) is 1. The molecule has 1 aromatic heterocycles. The molecule has 0 radical (unpaired) electrons. The van der Waals surface area contributed by atoms with Gasteiger partial charge in [0.1, 0.15) is 0 Å². The zero-order valence-corrected chi connectivity index (χ0v) is 9.16. The van der Waals surface area contributed by atoms with E-state index in [-0.39, 0.29) is 5.78 Å². The summed E-state index contributed by atoms with van der Waals surface area (Å²) in [7, 11) is 0. The molecule has 1 saturated heterocycles. The van der Waals surface area contributed by atoms with E-state index in [0.29, 0.717) is 5.76 Å². The molecule has 0 aliphatic carbocycles. The molecule has 0 bridgehead atoms. The number of carbonyl (C=O) groups excluding carboxylic acids is 1. The molecule has 1 fully saturated rings. The monoisotopic (exact) mass is 207 g/mol. The van der Waals surface area contributed by atoms with Crippen LogP contribution < -0.4 is 0 Å². The number of likely N-dealkylation sites (tertiary alicyclic amines) is 1. The minimum Gasteiger partial charge on any atom is -0.461 e. The highest BCUT2D eigenvalue weighted by Gasteiger charge is 2.12. The van der Waals surface area contributed by atoms with Crippen molar-refractivity contribution in [1.29, 1.82) is 0 Å². The van der Waals surface area contributed by atoms with E-state index in [1.807, 2.05) is 6.07 Å². The Morgan fingerprint density at radius 3 is 2.73 bits per heavy atom. The highest BCUT2D eigenvalue weighted by atomic mass is 16.3. The minimum absolute atomic E-state index is 0.0000980. The molecule has 0 spiro atoms. The van der Waals surface area contributed by atoms with Crippen LogP contribution in [0.2, 0.25) is 0 Å². The van der Waals surface area contributed by atoms with Gasteiger partial charge >= 0.3 is 0 Å². The topological polar surface area (TPSA) is 33.5 Å². The maximum Gasteiger partial charge on any atom is 0.194 e. The van der Waals surface area contributed by atoms with E-state index in [1.54, 1.807) is 6.26 Å². The van der Waals surface area contributed by atoms with Crippen molar-refractivity contribution in [2.24, 2.45) is 0 Å². The molecule has 0 atom stereocenters. The molecule has 2 heterocycles. The van der Waals surface area contributed by atoms with Gasteiger partial charge in [-0.05, 0) is 32.0 Å². The van der Waals surface area contributed by atoms with Crippen LogP contribution >= 0.6 is 0 Å². The summed E-state index contributed by atoms with van der Waals surface area (Å²) in [5.74, 6) is 0.474. The Labute approximate surface area is 90.1 Å². The zero-order chi connectivity index (χ0) is 10.7. The molecule has 0 amide bonds. The van der Waals surface area contributed by atoms with E-state index in [2.05, 4.69) is 4.90 Å². The van der Waals surface area contributed by atoms with E-state index in [0.717, 1.165) is 12.1 Å². The molecule has 0 unspecified atom stereocenters. The molecule has 1 aromatic rings. The Kier molecular flexibility index (Phi) is 3.21. The summed E-state index contributed by atoms with van der Waals surface area (Å²) in [6, 6.07) is 1.86. The summed E-state index contributed by atoms with van der Waals surface area (Å²) < 4.78 is 5.19. The highest BCUT2D eigenvalue weighted by Crippen LogP contribution is 2.15. The van der Waals surface area contributed by atoms with Crippen LogP contribution in [0, 0.1) is 0 Å². The maximum absolute atomic E-state index is 11.0. The van der Waals surface area contributed by atoms with Crippen molar-refractivity contribution in [3.63, 3.8) is 0 Å². The fourth-order valence-corrected chi connectivity index (χ4v) is 2.02. The maximum atomic E-state index is 11.0. The van der Waals surface area contributed by atoms with Gasteiger partial charge < -0.3 is 4.42 Å². The van der Waals surface area contributed by atoms with Crippen molar-refractivity contribution >= 4 is 5.78 Å². The van der Waals surface area contributed by atoms with Crippen LogP contribution in [0.15, 0.2) is 16.7 Å². The molecule has 0 saturated carbocycles. The van der Waals surface area contributed by atoms with Gasteiger partial charge in [0.25, 0.3) is 0 Å². The number of Topliss-reactive ketones (excluding diaryl/α,β-unsaturated/α-hetero) is 1. The van der Waals surface area contributed by atoms with Crippen LogP contribution in [0.25, 0.3) is 0 Å². The van der Waals surface area contributed by atoms with Crippen molar-refractivity contribution in [1.82, 2.24) is 4.90 Å². The number of rotatable bonds is 3. The molecule has 3 nitrogen and oxygen atoms in total. The minimum atomic E-state index is -0.0000980. The van der Waals surface area contributed by atoms with Crippen LogP contribution in [0.3, 0.4) is 0 Å². The van der Waals surface area contributed by atoms with Crippen molar-refractivity contribution in [3.05, 3.63) is 23.7 Å². The van der Waals surface area contributed by atoms with Gasteiger partial charge in [0, 0.05) is 19.0 Å². The standard InChI is InChI=1S/C12H17NO2/c1-10(14)12-7-11(9-15-12)8-13-5-3-2-4-6-13/h7,9H,2-6,8H2,1H3. The van der Waals surface area contributed by atoms with E-state index in [1.165, 1.54) is 39.3 Å². The lowest BCUT2D eigenvalue weighted by Gasteiger charge is -2.25. The second-order valence-corrected chi connectivity index (χ2v) is 4.21. The Hall–Kier alpha value is -1.09. The number of ketones is 1. The largest absolute Gasteiger partial charge is 0.461 e. The van der Waals surface area contributed by atoms with E-state index in [4.69, 9.17) is 4.42 Å². The van der Waals surface area contributed by atoms with E-state index < -0.39 is 0 Å². The Morgan fingerprint density at radius 2 is 2.13 bits per heavy atom. The molecule has 1 aliphatic rings. The second-order valence-electron chi connectivity index (χ2n) is 4.21. The number of piperidine rings is 1. The molecule has 1 aliphatic heterocycles. The quantitative estimate of drug-likeness (QED) is 0.714. The SMILES string of the molecule is CC(=O)c1cc(CN2CCCCC2)co1. The van der Waals surface area contributed by atoms with Gasteiger partial charge in [-0.1, -0.05) is 6.42 Å². The molecule has 3 heteroatoms. The van der Waals surface area contributed by atoms with Gasteiger partial charge in [-0.25, -0.2) is 0 Å². The average Bonchev–Trinajstić information content (AvgIpc) is 2.68. The van der Waals surface area contributed by atoms with Crippen molar-refractivity contribution in [2.45, 2.75) is 32.7 Å². The van der Waals surface area contributed by atoms with Gasteiger partial charge in [0.05, 0.1) is 6.26 Å². The first-order valence-corrected chi connectivity index (χ1v) is 5.56. The molecule has 0 N–H and O–H groups in total. The summed E-state index contributed by atoms with van der Waals surface area (Å²) in [6.07, 6.45) is 5.63. The zero-order valence-electron chi connectivity index (χ0n) is 9.16. The van der Waals surface area contributed by atoms with Crippen LogP contribution in [-0.2, 0) is 6.54 Å². The molecule has 15 heavy (non-hydrogen) atoms. The Bertz CT molecular complexity index is 337. The summed E-state index contributed by atoms with van der Waals surface area (Å²) >= 11 is 0. The van der Waals surface area contributed by atoms with Crippen molar-refractivity contribution in [3.8, 4) is 0 Å². The fraction of sp³-hybridized carbons (Fsp3) is 0.583. The van der Waals surface area contributed by atoms with Crippen LogP contribution in [-0.4, -0.2) is 23.8 Å². The Morgan fingerprint density at radius 1 is 1.40 bits per heavy atom. The van der Waals surface area contributed by atoms with Gasteiger partial charge in [-0.3, -0.25) is 9.69 Å². The molecule has 82 valence electrons. The van der Waals surface area contributed by atoms with Gasteiger partial charge in [0.15, 0.2) is 11.5 Å². The Balaban J connectivity index is 1.94. The molecule has 0 aromatic carbocycles. The number of hydrogen-bond donors (Lipinski definition) is 0. The molecular weight excluding hydrogens is 190 g/mol. The number of hydrogen-bond acceptors (Lipinski definition) is 3. The van der Waals surface area contributed by atoms with Gasteiger partial charge in [-0.2, -0.15) is 0 Å². The number of furan rings is 1. The third-order valence-electron chi connectivity index (χ3n) is 2.86. The lowest BCUT2D eigenvalue weighted by molar-refractivity contribution is 0.0987. The third kappa shape index (κ3) is 2.69. The lowest BCUT2D eigenvalue weighted by atomic mass is 10.1. The fourth-order valence-electron chi connectivity index (χ4n) is 2.02. The lowest BCUT2D eigenvalue weighted by Crippen LogP contribution is -2.28. The van der Waals surface area contributed by atoms with Gasteiger partial charge in [0.2, 0.25) is 0 Å². The first kappa shape index (κ1) is 10.4. The van der Waals surface area contributed by atoms with Gasteiger partial charge in [-0.15, -0.1) is 0 Å². The van der Waals surface area contributed by atoms with Crippen molar-refractivity contribution in [2.75, 3.05) is 13.1 Å². The summed E-state index contributed by atoms with van der Waals surface area (Å²) in [6.45, 7) is 4.78. The summed E-state index contributed by atoms with van der Waals surface area (Å²) in [5, 5.41) is 0. The first-order valence-electron chi connectivity index (χ1n) is 5.56. The summed E-state index contributed by atoms with van der Waals surface area (Å²) in [5.41, 5.74) is 1.11. The third-order valence-corrected chi connectivity index (χ3v) is 2.86. The van der Waals surface area contributed by atoms with Crippen LogP contribution in [0.4, 0.5) is 0 Å². The molecular formula is C12H17NO2. The normalized spacial score (nSPS) is 17.9. The highest BCUT2D eigenvalue weighted by molar-refractivity contribution is 5.91. The smallest absolute Gasteiger partial charge is 0.194 e. The van der Waals surface area contributed by atoms with E-state index in [9.17, 15) is 4.79 Å². The predicted molar refractivity (Wildman–Crippen MR) is 57.8 cm³/mol. The van der Waals surface area contributed by atoms with Crippen molar-refractivity contribution < 1.29 is 9.21 Å². The summed E-state index contributed by atoms with van der Waals surface area (Å²) in [4.78, 5) is 13.5. The van der Waals surface area contributed by atoms with Crippen LogP contribution in [0.5, 0.6) is 0 Å². The molecule has 2 rings (SSSR count). The predicted octanol–water partition coefficient (Wildman–Crippen LogP) is 2.47. The number of carbonyl (C=O) groups is 1. The van der Waals surface area contributed by atoms with Crippen LogP contribution in [0.1, 0.15) is 42.3 Å². The van der Waals surface area contributed by atoms with E-state index >= 15 is 0 Å².